The zero-order valence-electron chi connectivity index (χ0n) is 31.2. The van der Waals surface area contributed by atoms with Crippen molar-refractivity contribution in [2.45, 2.75) is 152 Å². The van der Waals surface area contributed by atoms with E-state index in [1.807, 2.05) is 31.7 Å². The van der Waals surface area contributed by atoms with Gasteiger partial charge >= 0.3 is 0 Å². The van der Waals surface area contributed by atoms with Crippen LogP contribution in [0.1, 0.15) is 139 Å². The molecule has 6 rings (SSSR count). The van der Waals surface area contributed by atoms with Gasteiger partial charge in [0, 0.05) is 17.6 Å². The molecule has 1 aromatic heterocycles. The minimum absolute atomic E-state index is 0.0188. The van der Waals surface area contributed by atoms with E-state index >= 15 is 4.79 Å². The number of amides is 2. The maximum atomic E-state index is 15.2. The molecule has 0 aromatic carbocycles. The fourth-order valence-corrected chi connectivity index (χ4v) is 12.4. The Morgan fingerprint density at radius 3 is 2.32 bits per heavy atom. The summed E-state index contributed by atoms with van der Waals surface area (Å²) in [5.41, 5.74) is 2.02. The molecule has 0 aliphatic heterocycles. The van der Waals surface area contributed by atoms with Gasteiger partial charge in [0.15, 0.2) is 0 Å². The van der Waals surface area contributed by atoms with Crippen LogP contribution in [0.3, 0.4) is 0 Å². The number of carbonyl (C=O) groups is 2. The lowest BCUT2D eigenvalue weighted by atomic mass is 9.33. The molecule has 1 aromatic rings. The number of carbonyl (C=O) groups excluding carboxylic acids is 2. The Labute approximate surface area is 284 Å². The summed E-state index contributed by atoms with van der Waals surface area (Å²) in [5.74, 6) is 1.29. The van der Waals surface area contributed by atoms with E-state index in [1.165, 1.54) is 6.42 Å². The number of rotatable bonds is 5. The number of fused-ring (bicyclic) bond motifs is 7. The van der Waals surface area contributed by atoms with Gasteiger partial charge in [-0.05, 0) is 136 Å². The average molecular weight is 649 g/mol. The number of nitrogens with one attached hydrogen (secondary N) is 1. The first-order chi connectivity index (χ1) is 21.7. The van der Waals surface area contributed by atoms with Crippen molar-refractivity contribution in [2.24, 2.45) is 50.2 Å². The van der Waals surface area contributed by atoms with Gasteiger partial charge in [-0.3, -0.25) is 9.59 Å². The normalized spacial score (nSPS) is 40.5. The highest BCUT2D eigenvalue weighted by atomic mass is 16.3. The van der Waals surface area contributed by atoms with Crippen molar-refractivity contribution >= 4 is 11.8 Å². The maximum Gasteiger partial charge on any atom is 0.240 e. The molecule has 262 valence electrons. The topological polar surface area (TPSA) is 82.8 Å². The standard InChI is InChI=1S/C41H64N2O4/c1-35(2,3)42-33(45)25-43(24-27-15-22-47-26-27)34(46)41-20-18-36(4,5)23-29(41)28-11-12-31-38(8)16-14-32(44)37(6,7)30(38)13-17-40(31,10)39(28,9)19-21-41/h11,15,22,26,29-32,44H,12-14,16-21,23-25H2,1-10H3,(H,42,45)/t29-,30-,31+,32-,38-,39+,40+,41-/m0/s1. The molecule has 0 saturated heterocycles. The lowest BCUT2D eigenvalue weighted by Gasteiger charge is -2.71. The van der Waals surface area contributed by atoms with E-state index in [2.05, 4.69) is 59.9 Å². The number of hydrogen-bond acceptors (Lipinski definition) is 4. The van der Waals surface area contributed by atoms with Crippen molar-refractivity contribution in [3.05, 3.63) is 35.8 Å². The van der Waals surface area contributed by atoms with Gasteiger partial charge in [0.05, 0.1) is 30.6 Å². The van der Waals surface area contributed by atoms with Crippen LogP contribution < -0.4 is 5.32 Å². The van der Waals surface area contributed by atoms with E-state index in [0.29, 0.717) is 18.4 Å². The lowest BCUT2D eigenvalue weighted by molar-refractivity contribution is -0.204. The van der Waals surface area contributed by atoms with Crippen LogP contribution in [-0.2, 0) is 16.1 Å². The Morgan fingerprint density at radius 2 is 1.66 bits per heavy atom. The minimum atomic E-state index is -0.506. The third kappa shape index (κ3) is 5.46. The van der Waals surface area contributed by atoms with Gasteiger partial charge in [0.25, 0.3) is 0 Å². The Balaban J connectivity index is 1.39. The van der Waals surface area contributed by atoms with Crippen molar-refractivity contribution < 1.29 is 19.1 Å². The highest BCUT2D eigenvalue weighted by Gasteiger charge is 2.69. The molecule has 6 heteroatoms. The summed E-state index contributed by atoms with van der Waals surface area (Å²) < 4.78 is 5.41. The number of aliphatic hydroxyl groups excluding tert-OH is 1. The SMILES string of the molecule is CC1(C)CC[C@]2(C(=O)N(CC(=O)NC(C)(C)C)Cc3ccoc3)CC[C@]3(C)C(=CC[C@@H]4[C@@]5(C)CC[C@H](O)C(C)(C)[C@@H]5CC[C@]43C)[C@@H]2C1. The van der Waals surface area contributed by atoms with Crippen molar-refractivity contribution in [3.8, 4) is 0 Å². The fourth-order valence-electron chi connectivity index (χ4n) is 12.4. The van der Waals surface area contributed by atoms with E-state index in [0.717, 1.165) is 63.4 Å². The summed E-state index contributed by atoms with van der Waals surface area (Å²) >= 11 is 0. The molecule has 8 atom stereocenters. The van der Waals surface area contributed by atoms with Gasteiger partial charge in [-0.2, -0.15) is 0 Å². The van der Waals surface area contributed by atoms with E-state index in [1.54, 1.807) is 18.1 Å². The summed E-state index contributed by atoms with van der Waals surface area (Å²) in [6, 6.07) is 1.91. The first-order valence-corrected chi connectivity index (χ1v) is 18.7. The predicted molar refractivity (Wildman–Crippen MR) is 187 cm³/mol. The zero-order valence-corrected chi connectivity index (χ0v) is 31.2. The van der Waals surface area contributed by atoms with E-state index in [-0.39, 0.29) is 63.0 Å². The second-order valence-electron chi connectivity index (χ2n) is 19.8. The van der Waals surface area contributed by atoms with Gasteiger partial charge in [0.2, 0.25) is 11.8 Å². The van der Waals surface area contributed by atoms with Crippen LogP contribution in [0.2, 0.25) is 0 Å². The van der Waals surface area contributed by atoms with Crippen LogP contribution in [-0.4, -0.2) is 40.0 Å². The average Bonchev–Trinajstić information content (AvgIpc) is 3.47. The second kappa shape index (κ2) is 11.2. The number of allylic oxidation sites excluding steroid dienone is 2. The van der Waals surface area contributed by atoms with Crippen LogP contribution in [0, 0.1) is 50.2 Å². The van der Waals surface area contributed by atoms with Crippen LogP contribution in [0.15, 0.2) is 34.7 Å². The molecule has 0 unspecified atom stereocenters. The van der Waals surface area contributed by atoms with E-state index in [9.17, 15) is 9.90 Å². The third-order valence-electron chi connectivity index (χ3n) is 15.1. The Bertz CT molecular complexity index is 1400. The first kappa shape index (κ1) is 34.8. The molecule has 0 bridgehead atoms. The molecule has 2 N–H and O–H groups in total. The van der Waals surface area contributed by atoms with Crippen molar-refractivity contribution in [1.82, 2.24) is 10.2 Å². The lowest BCUT2D eigenvalue weighted by Crippen LogP contribution is -2.65. The van der Waals surface area contributed by atoms with Gasteiger partial charge in [0.1, 0.15) is 0 Å². The third-order valence-corrected chi connectivity index (χ3v) is 15.1. The molecule has 0 spiro atoms. The van der Waals surface area contributed by atoms with Crippen molar-refractivity contribution in [1.29, 1.82) is 0 Å². The molecule has 47 heavy (non-hydrogen) atoms. The summed E-state index contributed by atoms with van der Waals surface area (Å²) in [7, 11) is 0. The molecule has 0 radical (unpaired) electrons. The predicted octanol–water partition coefficient (Wildman–Crippen LogP) is 8.69. The van der Waals surface area contributed by atoms with Gasteiger partial charge < -0.3 is 19.7 Å². The second-order valence-corrected chi connectivity index (χ2v) is 19.8. The molecular weight excluding hydrogens is 584 g/mol. The summed E-state index contributed by atoms with van der Waals surface area (Å²) in [6.07, 6.45) is 15.9. The zero-order chi connectivity index (χ0) is 34.4. The maximum absolute atomic E-state index is 15.2. The molecule has 2 amide bonds. The first-order valence-electron chi connectivity index (χ1n) is 18.7. The molecule has 4 saturated carbocycles. The number of aliphatic hydroxyl groups is 1. The van der Waals surface area contributed by atoms with Crippen LogP contribution in [0.25, 0.3) is 0 Å². The quantitative estimate of drug-likeness (QED) is 0.313. The molecule has 6 nitrogen and oxygen atoms in total. The highest BCUT2D eigenvalue weighted by Crippen LogP contribution is 2.75. The molecule has 1 heterocycles. The summed E-state index contributed by atoms with van der Waals surface area (Å²) in [4.78, 5) is 30.5. The van der Waals surface area contributed by atoms with Crippen molar-refractivity contribution in [3.63, 3.8) is 0 Å². The largest absolute Gasteiger partial charge is 0.472 e. The van der Waals surface area contributed by atoms with Crippen LogP contribution in [0.5, 0.6) is 0 Å². The van der Waals surface area contributed by atoms with Crippen LogP contribution >= 0.6 is 0 Å². The fraction of sp³-hybridized carbons (Fsp3) is 0.805. The monoisotopic (exact) mass is 648 g/mol. The van der Waals surface area contributed by atoms with E-state index < -0.39 is 5.41 Å². The number of nitrogens with zero attached hydrogens (tertiary/aromatic N) is 1. The molecule has 4 fully saturated rings. The van der Waals surface area contributed by atoms with E-state index in [4.69, 9.17) is 4.42 Å². The van der Waals surface area contributed by atoms with Gasteiger partial charge in [-0.25, -0.2) is 0 Å². The van der Waals surface area contributed by atoms with Gasteiger partial charge in [-0.1, -0.05) is 60.1 Å². The Kier molecular flexibility index (Phi) is 8.30. The smallest absolute Gasteiger partial charge is 0.240 e. The molecule has 5 aliphatic rings. The molecule has 5 aliphatic carbocycles. The van der Waals surface area contributed by atoms with Gasteiger partial charge in [-0.15, -0.1) is 0 Å². The number of furan rings is 1. The highest BCUT2D eigenvalue weighted by molar-refractivity contribution is 5.89. The summed E-state index contributed by atoms with van der Waals surface area (Å²) in [5, 5.41) is 14.2. The van der Waals surface area contributed by atoms with Crippen molar-refractivity contribution in [2.75, 3.05) is 6.54 Å². The summed E-state index contributed by atoms with van der Waals surface area (Å²) in [6.45, 7) is 23.5. The minimum Gasteiger partial charge on any atom is -0.472 e. The van der Waals surface area contributed by atoms with Crippen LogP contribution in [0.4, 0.5) is 0 Å². The molecular formula is C41H64N2O4. The Morgan fingerprint density at radius 1 is 0.957 bits per heavy atom. The Hall–Kier alpha value is -2.08. The number of hydrogen-bond donors (Lipinski definition) is 2.